The van der Waals surface area contributed by atoms with Crippen LogP contribution in [0.1, 0.15) is 0 Å². The van der Waals surface area contributed by atoms with Crippen molar-refractivity contribution in [2.45, 2.75) is 0 Å². The van der Waals surface area contributed by atoms with Gasteiger partial charge >= 0.3 is 0 Å². The second kappa shape index (κ2) is 6.37. The van der Waals surface area contributed by atoms with Gasteiger partial charge in [0.2, 0.25) is 0 Å². The molecule has 0 radical (unpaired) electrons. The minimum Gasteiger partial charge on any atom is -0.506 e. The van der Waals surface area contributed by atoms with Gasteiger partial charge in [0.25, 0.3) is 0 Å². The van der Waals surface area contributed by atoms with Crippen LogP contribution in [-0.4, -0.2) is 5.11 Å². The molecule has 0 spiro atoms. The zero-order valence-corrected chi connectivity index (χ0v) is 12.0. The first-order valence-corrected chi connectivity index (χ1v) is 5.96. The summed E-state index contributed by atoms with van der Waals surface area (Å²) in [4.78, 5) is 0. The van der Waals surface area contributed by atoms with E-state index >= 15 is 0 Å². The summed E-state index contributed by atoms with van der Waals surface area (Å²) in [5.74, 6) is 0.225. The molecule has 0 aliphatic heterocycles. The van der Waals surface area contributed by atoms with Crippen molar-refractivity contribution >= 4 is 63.9 Å². The highest BCUT2D eigenvalue weighted by molar-refractivity contribution is 9.11. The van der Waals surface area contributed by atoms with E-state index in [0.717, 1.165) is 4.47 Å². The number of halogens is 4. The van der Waals surface area contributed by atoms with Gasteiger partial charge in [-0.25, -0.2) is 0 Å². The van der Waals surface area contributed by atoms with Crippen LogP contribution >= 0.6 is 63.9 Å². The molecule has 0 aliphatic rings. The molecule has 2 nitrogen and oxygen atoms in total. The van der Waals surface area contributed by atoms with Crippen LogP contribution in [0.15, 0.2) is 25.6 Å². The lowest BCUT2D eigenvalue weighted by Gasteiger charge is -1.99. The molecule has 0 aliphatic carbocycles. The molecular formula is C6H5Br4NO. The summed E-state index contributed by atoms with van der Waals surface area (Å²) >= 11 is 12.1. The summed E-state index contributed by atoms with van der Waals surface area (Å²) in [5, 5.41) is 9.22. The van der Waals surface area contributed by atoms with Crippen molar-refractivity contribution in [1.29, 1.82) is 0 Å². The Morgan fingerprint density at radius 3 is 1.67 bits per heavy atom. The number of aromatic hydroxyl groups is 1. The third kappa shape index (κ3) is 3.74. The first-order valence-electron chi connectivity index (χ1n) is 2.66. The maximum Gasteiger partial charge on any atom is 0.144 e. The van der Waals surface area contributed by atoms with Gasteiger partial charge in [0.05, 0.1) is 8.95 Å². The molecule has 1 rings (SSSR count). The summed E-state index contributed by atoms with van der Waals surface area (Å²) in [5.41, 5.74) is 0. The van der Waals surface area contributed by atoms with Crippen LogP contribution in [0.25, 0.3) is 0 Å². The Labute approximate surface area is 104 Å². The van der Waals surface area contributed by atoms with Crippen LogP contribution in [0.2, 0.25) is 0 Å². The topological polar surface area (TPSA) is 46.2 Å². The van der Waals surface area contributed by atoms with Crippen LogP contribution < -0.4 is 4.76 Å². The molecule has 0 aromatic heterocycles. The average Bonchev–Trinajstić information content (AvgIpc) is 2.04. The van der Waals surface area contributed by atoms with E-state index in [1.54, 1.807) is 12.1 Å². The monoisotopic (exact) mass is 423 g/mol. The summed E-state index contributed by atoms with van der Waals surface area (Å²) in [6, 6.07) is 3.56. The summed E-state index contributed by atoms with van der Waals surface area (Å²) in [6.07, 6.45) is 0. The number of phenols is 1. The predicted octanol–water partition coefficient (Wildman–Crippen LogP) is 3.93. The number of benzene rings is 1. The molecule has 68 valence electrons. The SMILES string of the molecule is NBr.Oc1c(Br)cc(Br)cc1Br. The van der Waals surface area contributed by atoms with Gasteiger partial charge in [0.1, 0.15) is 5.75 Å². The normalized spacial score (nSPS) is 8.75. The van der Waals surface area contributed by atoms with E-state index < -0.39 is 0 Å². The predicted molar refractivity (Wildman–Crippen MR) is 64.3 cm³/mol. The Bertz CT molecular complexity index is 243. The molecule has 0 bridgehead atoms. The highest BCUT2D eigenvalue weighted by Crippen LogP contribution is 2.34. The number of phenolic OH excluding ortho intramolecular Hbond substituents is 1. The Morgan fingerprint density at radius 2 is 1.33 bits per heavy atom. The van der Waals surface area contributed by atoms with Gasteiger partial charge in [-0.05, 0) is 44.0 Å². The maximum atomic E-state index is 9.22. The van der Waals surface area contributed by atoms with Gasteiger partial charge in [-0.15, -0.1) is 0 Å². The van der Waals surface area contributed by atoms with E-state index in [0.29, 0.717) is 8.95 Å². The lowest BCUT2D eigenvalue weighted by atomic mass is 10.3. The van der Waals surface area contributed by atoms with Gasteiger partial charge in [0.15, 0.2) is 0 Å². The number of hydrogen-bond donors (Lipinski definition) is 2. The number of hydrogen-bond acceptors (Lipinski definition) is 2. The number of nitrogens with two attached hydrogens (primary N) is 1. The number of rotatable bonds is 0. The Balaban J connectivity index is 0.000000561. The summed E-state index contributed by atoms with van der Waals surface area (Å²) in [7, 11) is 0. The fourth-order valence-corrected chi connectivity index (χ4v) is 2.79. The first-order chi connectivity index (χ1) is 5.61. The van der Waals surface area contributed by atoms with Crippen LogP contribution in [-0.2, 0) is 0 Å². The van der Waals surface area contributed by atoms with Gasteiger partial charge in [-0.2, -0.15) is 0 Å². The summed E-state index contributed by atoms with van der Waals surface area (Å²) < 4.78 is 6.58. The van der Waals surface area contributed by atoms with Gasteiger partial charge < -0.3 is 5.11 Å². The molecule has 1 aromatic rings. The Hall–Kier alpha value is 0.900. The van der Waals surface area contributed by atoms with Crippen molar-refractivity contribution in [3.8, 4) is 5.75 Å². The highest BCUT2D eigenvalue weighted by Gasteiger charge is 2.02. The van der Waals surface area contributed by atoms with Crippen molar-refractivity contribution in [2.75, 3.05) is 0 Å². The van der Waals surface area contributed by atoms with Crippen molar-refractivity contribution in [3.63, 3.8) is 0 Å². The average molecular weight is 427 g/mol. The molecule has 0 heterocycles. The van der Waals surface area contributed by atoms with E-state index in [1.165, 1.54) is 0 Å². The lowest BCUT2D eigenvalue weighted by Crippen LogP contribution is -1.71. The fourth-order valence-electron chi connectivity index (χ4n) is 0.535. The smallest absolute Gasteiger partial charge is 0.144 e. The van der Waals surface area contributed by atoms with E-state index in [1.807, 2.05) is 0 Å². The Morgan fingerprint density at radius 1 is 1.00 bits per heavy atom. The zero-order chi connectivity index (χ0) is 9.72. The van der Waals surface area contributed by atoms with Crippen LogP contribution in [0.3, 0.4) is 0 Å². The van der Waals surface area contributed by atoms with E-state index in [2.05, 4.69) is 68.7 Å². The lowest BCUT2D eigenvalue weighted by molar-refractivity contribution is 0.468. The molecule has 12 heavy (non-hydrogen) atoms. The molecule has 0 atom stereocenters. The van der Waals surface area contributed by atoms with Crippen molar-refractivity contribution < 1.29 is 5.11 Å². The quantitative estimate of drug-likeness (QED) is 0.617. The van der Waals surface area contributed by atoms with Gasteiger partial charge in [-0.3, -0.25) is 4.76 Å². The molecule has 0 saturated carbocycles. The highest BCUT2D eigenvalue weighted by atomic mass is 79.9. The largest absolute Gasteiger partial charge is 0.506 e. The minimum atomic E-state index is 0.225. The molecule has 0 saturated heterocycles. The summed E-state index contributed by atoms with van der Waals surface area (Å²) in [6.45, 7) is 0. The first kappa shape index (κ1) is 12.9. The fraction of sp³-hybridized carbons (Fsp3) is 0. The standard InChI is InChI=1S/C6H3Br3O.BrH2N/c7-3-1-4(8)6(10)5(9)2-3;1-2/h1-2,10H;2H2. The van der Waals surface area contributed by atoms with Gasteiger partial charge in [0, 0.05) is 20.6 Å². The second-order valence-corrected chi connectivity index (χ2v) is 4.34. The second-order valence-electron chi connectivity index (χ2n) is 1.72. The van der Waals surface area contributed by atoms with Crippen LogP contribution in [0.5, 0.6) is 5.75 Å². The molecular weight excluding hydrogens is 422 g/mol. The van der Waals surface area contributed by atoms with Crippen LogP contribution in [0.4, 0.5) is 0 Å². The van der Waals surface area contributed by atoms with E-state index in [4.69, 9.17) is 0 Å². The minimum absolute atomic E-state index is 0.225. The zero-order valence-electron chi connectivity index (χ0n) is 5.69. The van der Waals surface area contributed by atoms with E-state index in [9.17, 15) is 5.11 Å². The molecule has 0 fully saturated rings. The Kier molecular flexibility index (Phi) is 6.85. The molecule has 6 heteroatoms. The van der Waals surface area contributed by atoms with Crippen molar-refractivity contribution in [1.82, 2.24) is 0 Å². The third-order valence-electron chi connectivity index (χ3n) is 0.982. The molecule has 0 amide bonds. The third-order valence-corrected chi connectivity index (χ3v) is 2.65. The van der Waals surface area contributed by atoms with Crippen molar-refractivity contribution in [2.24, 2.45) is 4.76 Å². The molecule has 1 aromatic carbocycles. The van der Waals surface area contributed by atoms with Crippen molar-refractivity contribution in [3.05, 3.63) is 25.6 Å². The molecule has 0 unspecified atom stereocenters. The van der Waals surface area contributed by atoms with Crippen LogP contribution in [0, 0.1) is 0 Å². The van der Waals surface area contributed by atoms with Gasteiger partial charge in [-0.1, -0.05) is 15.9 Å². The molecule has 3 N–H and O–H groups in total. The van der Waals surface area contributed by atoms with E-state index in [-0.39, 0.29) is 5.75 Å². The maximum absolute atomic E-state index is 9.22.